The Labute approximate surface area is 196 Å². The highest BCUT2D eigenvalue weighted by atomic mass is 16.5. The maximum Gasteiger partial charge on any atom is 0.302 e. The molecule has 3 fully saturated rings. The molecule has 0 unspecified atom stereocenters. The highest BCUT2D eigenvalue weighted by molar-refractivity contribution is 5.94. The van der Waals surface area contributed by atoms with Crippen LogP contribution in [0.4, 0.5) is 0 Å². The van der Waals surface area contributed by atoms with E-state index in [4.69, 9.17) is 4.74 Å². The van der Waals surface area contributed by atoms with Crippen molar-refractivity contribution in [3.05, 3.63) is 11.6 Å². The number of hydrogen-bond donors (Lipinski definition) is 0. The van der Waals surface area contributed by atoms with Crippen LogP contribution in [-0.4, -0.2) is 17.9 Å². The lowest BCUT2D eigenvalue weighted by atomic mass is 9.47. The zero-order chi connectivity index (χ0) is 23.3. The fourth-order valence-corrected chi connectivity index (χ4v) is 8.69. The summed E-state index contributed by atoms with van der Waals surface area (Å²) in [7, 11) is 0. The van der Waals surface area contributed by atoms with Crippen LogP contribution < -0.4 is 0 Å². The van der Waals surface area contributed by atoms with Gasteiger partial charge < -0.3 is 4.74 Å². The number of carbonyl (C=O) groups excluding carboxylic acids is 2. The summed E-state index contributed by atoms with van der Waals surface area (Å²) in [6, 6.07) is 0. The molecule has 0 aromatic carbocycles. The molecular formula is C29H46O3. The first-order chi connectivity index (χ1) is 15.1. The Morgan fingerprint density at radius 3 is 2.38 bits per heavy atom. The summed E-state index contributed by atoms with van der Waals surface area (Å²) in [4.78, 5) is 24.9. The minimum atomic E-state index is -0.217. The summed E-state index contributed by atoms with van der Waals surface area (Å²) in [5, 5.41) is 0. The summed E-state index contributed by atoms with van der Waals surface area (Å²) >= 11 is 0. The number of hydrogen-bond acceptors (Lipinski definition) is 3. The van der Waals surface area contributed by atoms with Gasteiger partial charge in [-0.15, -0.1) is 0 Å². The third-order valence-corrected chi connectivity index (χ3v) is 10.4. The van der Waals surface area contributed by atoms with E-state index in [0.717, 1.165) is 30.6 Å². The van der Waals surface area contributed by atoms with Gasteiger partial charge in [0.1, 0.15) is 6.10 Å². The van der Waals surface area contributed by atoms with Gasteiger partial charge in [0.15, 0.2) is 5.78 Å². The Morgan fingerprint density at radius 2 is 1.69 bits per heavy atom. The molecule has 3 nitrogen and oxygen atoms in total. The first kappa shape index (κ1) is 24.0. The molecular weight excluding hydrogens is 396 g/mol. The van der Waals surface area contributed by atoms with Crippen molar-refractivity contribution in [1.29, 1.82) is 0 Å². The number of esters is 1. The molecule has 0 aromatic rings. The second-order valence-corrected chi connectivity index (χ2v) is 12.7. The van der Waals surface area contributed by atoms with E-state index in [-0.39, 0.29) is 23.4 Å². The van der Waals surface area contributed by atoms with Crippen LogP contribution in [0.15, 0.2) is 11.6 Å². The number of fused-ring (bicyclic) bond motifs is 5. The van der Waals surface area contributed by atoms with E-state index in [1.165, 1.54) is 57.4 Å². The molecule has 8 atom stereocenters. The molecule has 32 heavy (non-hydrogen) atoms. The second-order valence-electron chi connectivity index (χ2n) is 12.7. The Balaban J connectivity index is 1.52. The summed E-state index contributed by atoms with van der Waals surface area (Å²) in [6.45, 7) is 13.6. The van der Waals surface area contributed by atoms with Crippen LogP contribution in [0.3, 0.4) is 0 Å². The van der Waals surface area contributed by atoms with E-state index in [0.29, 0.717) is 29.5 Å². The first-order valence-corrected chi connectivity index (χ1v) is 13.5. The van der Waals surface area contributed by atoms with Crippen LogP contribution in [0.5, 0.6) is 0 Å². The molecule has 4 aliphatic rings. The lowest BCUT2D eigenvalue weighted by Gasteiger charge is -2.57. The monoisotopic (exact) mass is 442 g/mol. The van der Waals surface area contributed by atoms with Gasteiger partial charge in [-0.3, -0.25) is 9.59 Å². The van der Waals surface area contributed by atoms with Crippen LogP contribution in [-0.2, 0) is 14.3 Å². The molecule has 0 saturated heterocycles. The van der Waals surface area contributed by atoms with E-state index in [1.54, 1.807) is 0 Å². The van der Waals surface area contributed by atoms with Gasteiger partial charge in [-0.05, 0) is 91.4 Å². The van der Waals surface area contributed by atoms with E-state index in [9.17, 15) is 9.59 Å². The minimum Gasteiger partial charge on any atom is -0.463 e. The van der Waals surface area contributed by atoms with Gasteiger partial charge in [0.25, 0.3) is 0 Å². The highest BCUT2D eigenvalue weighted by Gasteiger charge is 2.59. The average Bonchev–Trinajstić information content (AvgIpc) is 3.06. The average molecular weight is 443 g/mol. The van der Waals surface area contributed by atoms with Gasteiger partial charge in [0.05, 0.1) is 0 Å². The van der Waals surface area contributed by atoms with Gasteiger partial charge in [-0.1, -0.05) is 59.5 Å². The predicted molar refractivity (Wildman–Crippen MR) is 129 cm³/mol. The molecule has 3 saturated carbocycles. The number of ether oxygens (including phenoxy) is 1. The van der Waals surface area contributed by atoms with Gasteiger partial charge >= 0.3 is 5.97 Å². The Hall–Kier alpha value is -1.12. The van der Waals surface area contributed by atoms with Crippen LogP contribution in [0, 0.1) is 46.3 Å². The molecule has 4 rings (SSSR count). The standard InChI is InChI=1S/C29H46O3/c1-18(2)8-7-9-19(3)23-10-11-24-22-17-27(31)26-16-21(32-20(4)30)12-14-29(26,6)25(22)13-15-28(23,24)5/h17-19,21,23-26H,7-16H2,1-6H3/t19-,21-,23-,24-,25-,26-,28-,29-/m1/s1. The molecule has 0 spiro atoms. The second kappa shape index (κ2) is 8.91. The van der Waals surface area contributed by atoms with Crippen molar-refractivity contribution in [2.24, 2.45) is 46.3 Å². The summed E-state index contributed by atoms with van der Waals surface area (Å²) < 4.78 is 5.53. The molecule has 0 radical (unpaired) electrons. The van der Waals surface area contributed by atoms with Crippen LogP contribution in [0.1, 0.15) is 106 Å². The summed E-state index contributed by atoms with van der Waals surface area (Å²) in [5.41, 5.74) is 1.91. The molecule has 0 aliphatic heterocycles. The molecule has 0 aromatic heterocycles. The van der Waals surface area contributed by atoms with Gasteiger partial charge in [-0.2, -0.15) is 0 Å². The summed E-state index contributed by atoms with van der Waals surface area (Å²) in [5.74, 6) is 3.62. The molecule has 4 aliphatic carbocycles. The van der Waals surface area contributed by atoms with Crippen molar-refractivity contribution in [1.82, 2.24) is 0 Å². The number of allylic oxidation sites excluding steroid dienone is 2. The fraction of sp³-hybridized carbons (Fsp3) is 0.862. The Kier molecular flexibility index (Phi) is 6.69. The normalized spacial score (nSPS) is 42.0. The lowest BCUT2D eigenvalue weighted by molar-refractivity contribution is -0.155. The maximum absolute atomic E-state index is 13.4. The van der Waals surface area contributed by atoms with Crippen molar-refractivity contribution >= 4 is 11.8 Å². The van der Waals surface area contributed by atoms with Crippen molar-refractivity contribution in [2.75, 3.05) is 0 Å². The minimum absolute atomic E-state index is 0.0193. The largest absolute Gasteiger partial charge is 0.463 e. The predicted octanol–water partition coefficient (Wildman–Crippen LogP) is 7.14. The smallest absolute Gasteiger partial charge is 0.302 e. The SMILES string of the molecule is CC(=O)O[C@@H]1CC[C@@]2(C)[C@H](C1)C(=O)C=C1[C@H]2CC[C@@]2(C)[C@@H]1CC[C@@H]2[C@H](C)CCCC(C)C. The fourth-order valence-electron chi connectivity index (χ4n) is 8.69. The van der Waals surface area contributed by atoms with Crippen LogP contribution >= 0.6 is 0 Å². The molecule has 0 amide bonds. The third-order valence-electron chi connectivity index (χ3n) is 10.4. The van der Waals surface area contributed by atoms with Gasteiger partial charge in [-0.25, -0.2) is 0 Å². The molecule has 0 bridgehead atoms. The Morgan fingerprint density at radius 1 is 1.00 bits per heavy atom. The van der Waals surface area contributed by atoms with E-state index < -0.39 is 0 Å². The van der Waals surface area contributed by atoms with E-state index >= 15 is 0 Å². The quantitative estimate of drug-likeness (QED) is 0.411. The van der Waals surface area contributed by atoms with Crippen molar-refractivity contribution in [3.8, 4) is 0 Å². The van der Waals surface area contributed by atoms with Crippen LogP contribution in [0.2, 0.25) is 0 Å². The summed E-state index contributed by atoms with van der Waals surface area (Å²) in [6.07, 6.45) is 13.8. The molecule has 3 heteroatoms. The lowest BCUT2D eigenvalue weighted by Crippen LogP contribution is -2.53. The van der Waals surface area contributed by atoms with Crippen molar-refractivity contribution in [2.45, 2.75) is 112 Å². The van der Waals surface area contributed by atoms with E-state index in [2.05, 4.69) is 40.7 Å². The number of ketones is 1. The zero-order valence-corrected chi connectivity index (χ0v) is 21.4. The van der Waals surface area contributed by atoms with Gasteiger partial charge in [0.2, 0.25) is 0 Å². The highest BCUT2D eigenvalue weighted by Crippen LogP contribution is 2.66. The molecule has 0 N–H and O–H groups in total. The van der Waals surface area contributed by atoms with Gasteiger partial charge in [0, 0.05) is 12.8 Å². The van der Waals surface area contributed by atoms with Crippen molar-refractivity contribution < 1.29 is 14.3 Å². The zero-order valence-electron chi connectivity index (χ0n) is 21.4. The van der Waals surface area contributed by atoms with Crippen LogP contribution in [0.25, 0.3) is 0 Å². The number of carbonyl (C=O) groups is 2. The topological polar surface area (TPSA) is 43.4 Å². The first-order valence-electron chi connectivity index (χ1n) is 13.5. The third kappa shape index (κ3) is 4.11. The molecule has 180 valence electrons. The maximum atomic E-state index is 13.4. The van der Waals surface area contributed by atoms with Crippen molar-refractivity contribution in [3.63, 3.8) is 0 Å². The Bertz CT molecular complexity index is 766. The number of rotatable bonds is 6. The molecule has 0 heterocycles. The van der Waals surface area contributed by atoms with E-state index in [1.807, 2.05) is 0 Å².